The zero-order valence-corrected chi connectivity index (χ0v) is 16.0. The molecule has 0 aliphatic heterocycles. The van der Waals surface area contributed by atoms with E-state index in [1.54, 1.807) is 18.2 Å². The van der Waals surface area contributed by atoms with E-state index < -0.39 is 35.1 Å². The molecule has 0 atom stereocenters. The molecule has 0 spiro atoms. The number of hydrogen-bond donors (Lipinski definition) is 1. The Morgan fingerprint density at radius 1 is 0.900 bits per heavy atom. The molecule has 2 rings (SSSR count). The Balaban J connectivity index is 2.35. The van der Waals surface area contributed by atoms with Crippen molar-refractivity contribution in [1.29, 1.82) is 0 Å². The van der Waals surface area contributed by atoms with Gasteiger partial charge in [-0.05, 0) is 42.8 Å². The van der Waals surface area contributed by atoms with Crippen LogP contribution in [0.4, 0.5) is 32.0 Å². The van der Waals surface area contributed by atoms with E-state index in [0.29, 0.717) is 34.8 Å². The second kappa shape index (κ2) is 8.68. The molecule has 0 radical (unpaired) electrons. The SMILES string of the molecule is COc1ccc(/C(C)=C/C(=O)Nc2cc(C(F)(F)F)cc(C(F)(F)F)c2)c(OC)c1. The second-order valence-corrected chi connectivity index (χ2v) is 6.18. The summed E-state index contributed by atoms with van der Waals surface area (Å²) in [6, 6.07) is 5.62. The van der Waals surface area contributed by atoms with E-state index >= 15 is 0 Å². The van der Waals surface area contributed by atoms with Crippen molar-refractivity contribution >= 4 is 17.2 Å². The lowest BCUT2D eigenvalue weighted by atomic mass is 10.1. The highest BCUT2D eigenvalue weighted by Crippen LogP contribution is 2.37. The van der Waals surface area contributed by atoms with Crippen molar-refractivity contribution in [2.45, 2.75) is 19.3 Å². The minimum absolute atomic E-state index is 0.0149. The summed E-state index contributed by atoms with van der Waals surface area (Å²) in [4.78, 5) is 12.2. The summed E-state index contributed by atoms with van der Waals surface area (Å²) in [5.41, 5.74) is -2.81. The lowest BCUT2D eigenvalue weighted by Crippen LogP contribution is -2.14. The number of nitrogens with one attached hydrogen (secondary N) is 1. The van der Waals surface area contributed by atoms with Crippen LogP contribution in [0.1, 0.15) is 23.6 Å². The molecule has 0 aliphatic carbocycles. The van der Waals surface area contributed by atoms with Crippen LogP contribution in [0.3, 0.4) is 0 Å². The highest BCUT2D eigenvalue weighted by atomic mass is 19.4. The fraction of sp³-hybridized carbons (Fsp3) is 0.250. The van der Waals surface area contributed by atoms with Crippen molar-refractivity contribution in [3.05, 3.63) is 59.2 Å². The molecule has 30 heavy (non-hydrogen) atoms. The molecule has 4 nitrogen and oxygen atoms in total. The van der Waals surface area contributed by atoms with Gasteiger partial charge in [-0.2, -0.15) is 26.3 Å². The van der Waals surface area contributed by atoms with Crippen LogP contribution >= 0.6 is 0 Å². The number of ether oxygens (including phenoxy) is 2. The van der Waals surface area contributed by atoms with Crippen molar-refractivity contribution in [2.24, 2.45) is 0 Å². The van der Waals surface area contributed by atoms with Crippen LogP contribution in [-0.4, -0.2) is 20.1 Å². The number of amides is 1. The highest BCUT2D eigenvalue weighted by molar-refractivity contribution is 6.04. The Kier molecular flexibility index (Phi) is 6.69. The van der Waals surface area contributed by atoms with Gasteiger partial charge in [-0.3, -0.25) is 4.79 Å². The number of anilines is 1. The Morgan fingerprint density at radius 2 is 1.47 bits per heavy atom. The van der Waals surface area contributed by atoms with Crippen molar-refractivity contribution in [3.8, 4) is 11.5 Å². The zero-order chi connectivity index (χ0) is 22.7. The lowest BCUT2D eigenvalue weighted by molar-refractivity contribution is -0.143. The van der Waals surface area contributed by atoms with Crippen LogP contribution in [0.5, 0.6) is 11.5 Å². The average molecular weight is 433 g/mol. The summed E-state index contributed by atoms with van der Waals surface area (Å²) in [6.45, 7) is 1.54. The summed E-state index contributed by atoms with van der Waals surface area (Å²) < 4.78 is 87.9. The van der Waals surface area contributed by atoms with Gasteiger partial charge in [0.2, 0.25) is 5.91 Å². The molecule has 1 N–H and O–H groups in total. The van der Waals surface area contributed by atoms with Crippen LogP contribution in [0.2, 0.25) is 0 Å². The third-order valence-corrected chi connectivity index (χ3v) is 4.04. The number of carbonyl (C=O) groups is 1. The van der Waals surface area contributed by atoms with E-state index in [-0.39, 0.29) is 6.07 Å². The van der Waals surface area contributed by atoms with Crippen LogP contribution in [0.25, 0.3) is 5.57 Å². The molecule has 0 bridgehead atoms. The molecule has 2 aromatic rings. The summed E-state index contributed by atoms with van der Waals surface area (Å²) in [6.07, 6.45) is -8.98. The third kappa shape index (κ3) is 5.68. The summed E-state index contributed by atoms with van der Waals surface area (Å²) in [5, 5.41) is 2.05. The maximum atomic E-state index is 12.9. The van der Waals surface area contributed by atoms with Gasteiger partial charge in [0.05, 0.1) is 25.3 Å². The van der Waals surface area contributed by atoms with Crippen LogP contribution in [-0.2, 0) is 17.1 Å². The van der Waals surface area contributed by atoms with Gasteiger partial charge in [-0.1, -0.05) is 0 Å². The van der Waals surface area contributed by atoms with Gasteiger partial charge >= 0.3 is 12.4 Å². The number of halogens is 6. The van der Waals surface area contributed by atoms with Crippen LogP contribution in [0, 0.1) is 0 Å². The topological polar surface area (TPSA) is 47.6 Å². The van der Waals surface area contributed by atoms with Gasteiger partial charge in [-0.15, -0.1) is 0 Å². The molecule has 0 saturated carbocycles. The third-order valence-electron chi connectivity index (χ3n) is 4.04. The van der Waals surface area contributed by atoms with Gasteiger partial charge in [0.25, 0.3) is 0 Å². The molecular formula is C20H17F6NO3. The quantitative estimate of drug-likeness (QED) is 0.480. The van der Waals surface area contributed by atoms with Gasteiger partial charge in [0, 0.05) is 23.4 Å². The van der Waals surface area contributed by atoms with Crippen molar-refractivity contribution < 1.29 is 40.6 Å². The van der Waals surface area contributed by atoms with E-state index in [9.17, 15) is 31.1 Å². The molecular weight excluding hydrogens is 416 g/mol. The molecule has 0 fully saturated rings. The fourth-order valence-corrected chi connectivity index (χ4v) is 2.60. The Labute approximate surface area is 168 Å². The number of alkyl halides is 6. The maximum absolute atomic E-state index is 12.9. The van der Waals surface area contributed by atoms with E-state index in [4.69, 9.17) is 9.47 Å². The number of allylic oxidation sites excluding steroid dienone is 1. The predicted molar refractivity (Wildman–Crippen MR) is 98.3 cm³/mol. The molecule has 1 amide bonds. The van der Waals surface area contributed by atoms with Gasteiger partial charge < -0.3 is 14.8 Å². The molecule has 10 heteroatoms. The molecule has 0 unspecified atom stereocenters. The largest absolute Gasteiger partial charge is 0.497 e. The first kappa shape index (κ1) is 23.1. The van der Waals surface area contributed by atoms with Gasteiger partial charge in [0.1, 0.15) is 11.5 Å². The first-order valence-electron chi connectivity index (χ1n) is 8.36. The summed E-state index contributed by atoms with van der Waals surface area (Å²) in [7, 11) is 2.85. The lowest BCUT2D eigenvalue weighted by Gasteiger charge is -2.14. The minimum Gasteiger partial charge on any atom is -0.497 e. The van der Waals surface area contributed by atoms with Gasteiger partial charge in [0.15, 0.2) is 0 Å². The number of rotatable bonds is 5. The Hall–Kier alpha value is -3.17. The molecule has 0 aromatic heterocycles. The average Bonchev–Trinajstić information content (AvgIpc) is 2.65. The minimum atomic E-state index is -5.01. The zero-order valence-electron chi connectivity index (χ0n) is 16.0. The fourth-order valence-electron chi connectivity index (χ4n) is 2.60. The van der Waals surface area contributed by atoms with E-state index in [1.165, 1.54) is 21.1 Å². The monoisotopic (exact) mass is 433 g/mol. The Morgan fingerprint density at radius 3 is 1.93 bits per heavy atom. The molecule has 162 valence electrons. The Bertz CT molecular complexity index is 932. The standard InChI is InChI=1S/C20H17F6NO3/c1-11(16-5-4-15(29-2)10-17(16)30-3)6-18(28)27-14-8-12(19(21,22)23)7-13(9-14)20(24,25)26/h4-10H,1-3H3,(H,27,28)/b11-6+. The highest BCUT2D eigenvalue weighted by Gasteiger charge is 2.37. The van der Waals surface area contributed by atoms with E-state index in [2.05, 4.69) is 0 Å². The number of carbonyl (C=O) groups excluding carboxylic acids is 1. The number of hydrogen-bond acceptors (Lipinski definition) is 3. The smallest absolute Gasteiger partial charge is 0.416 e. The van der Waals surface area contributed by atoms with Crippen molar-refractivity contribution in [3.63, 3.8) is 0 Å². The van der Waals surface area contributed by atoms with Crippen LogP contribution in [0.15, 0.2) is 42.5 Å². The van der Waals surface area contributed by atoms with E-state index in [0.717, 1.165) is 6.08 Å². The van der Waals surface area contributed by atoms with Crippen molar-refractivity contribution in [2.75, 3.05) is 19.5 Å². The molecule has 0 saturated heterocycles. The van der Waals surface area contributed by atoms with Gasteiger partial charge in [-0.25, -0.2) is 0 Å². The first-order chi connectivity index (χ1) is 13.8. The molecule has 0 aliphatic rings. The predicted octanol–water partition coefficient (Wildman–Crippen LogP) is 5.78. The molecule has 0 heterocycles. The van der Waals surface area contributed by atoms with E-state index in [1.807, 2.05) is 5.32 Å². The molecule has 2 aromatic carbocycles. The van der Waals surface area contributed by atoms with Crippen molar-refractivity contribution in [1.82, 2.24) is 0 Å². The first-order valence-corrected chi connectivity index (χ1v) is 8.36. The number of methoxy groups -OCH3 is 2. The van der Waals surface area contributed by atoms with Crippen LogP contribution < -0.4 is 14.8 Å². The normalized spacial score (nSPS) is 12.5. The maximum Gasteiger partial charge on any atom is 0.416 e. The second-order valence-electron chi connectivity index (χ2n) is 6.18. The number of benzene rings is 2. The summed E-state index contributed by atoms with van der Waals surface area (Å²) in [5.74, 6) is -0.0383. The summed E-state index contributed by atoms with van der Waals surface area (Å²) >= 11 is 0.